The van der Waals surface area contributed by atoms with E-state index in [0.29, 0.717) is 0 Å². The number of likely N-dealkylation sites (tertiary alicyclic amines) is 1. The third-order valence-electron chi connectivity index (χ3n) is 2.34. The quantitative estimate of drug-likeness (QED) is 0.583. The lowest BCUT2D eigenvalue weighted by molar-refractivity contribution is -0.149. The molecule has 1 heterocycles. The van der Waals surface area contributed by atoms with E-state index in [-0.39, 0.29) is 13.0 Å². The molecule has 1 fully saturated rings. The molecule has 6 heteroatoms. The van der Waals surface area contributed by atoms with Crippen molar-refractivity contribution < 1.29 is 24.6 Å². The maximum Gasteiger partial charge on any atom is 0.407 e. The van der Waals surface area contributed by atoms with Gasteiger partial charge in [-0.1, -0.05) is 0 Å². The summed E-state index contributed by atoms with van der Waals surface area (Å²) in [5.74, 6) is -2.86. The van der Waals surface area contributed by atoms with Crippen LogP contribution >= 0.6 is 0 Å². The predicted molar refractivity (Wildman–Crippen MR) is 44.9 cm³/mol. The van der Waals surface area contributed by atoms with E-state index in [4.69, 9.17) is 10.2 Å². The van der Waals surface area contributed by atoms with Crippen molar-refractivity contribution in [3.05, 3.63) is 0 Å². The number of hydrogen-bond acceptors (Lipinski definition) is 3. The summed E-state index contributed by atoms with van der Waals surface area (Å²) in [5.41, 5.74) is 0. The number of Topliss-reactive ketones (excluding diaryl/α,β-unsaturated/α-hetero) is 1. The number of amides is 1. The first kappa shape index (κ1) is 10.5. The SMILES string of the molecule is C[C@@H]1CC(=O)C(C(=O)O)CN1C(=O)O. The predicted octanol–water partition coefficient (Wildman–Crippen LogP) is 0.0285. The highest BCUT2D eigenvalue weighted by Crippen LogP contribution is 2.19. The lowest BCUT2D eigenvalue weighted by Crippen LogP contribution is -2.50. The monoisotopic (exact) mass is 201 g/mol. The summed E-state index contributed by atoms with van der Waals surface area (Å²) in [5, 5.41) is 17.4. The molecule has 1 aliphatic rings. The van der Waals surface area contributed by atoms with Crippen LogP contribution in [0.2, 0.25) is 0 Å². The average Bonchev–Trinajstić information content (AvgIpc) is 2.02. The molecule has 0 radical (unpaired) electrons. The van der Waals surface area contributed by atoms with Crippen LogP contribution in [0.4, 0.5) is 4.79 Å². The Morgan fingerprint density at radius 1 is 1.43 bits per heavy atom. The van der Waals surface area contributed by atoms with Gasteiger partial charge in [0, 0.05) is 19.0 Å². The molecule has 0 bridgehead atoms. The maximum absolute atomic E-state index is 11.2. The Morgan fingerprint density at radius 3 is 2.43 bits per heavy atom. The van der Waals surface area contributed by atoms with Gasteiger partial charge in [-0.15, -0.1) is 0 Å². The van der Waals surface area contributed by atoms with E-state index < -0.39 is 29.8 Å². The van der Waals surface area contributed by atoms with E-state index >= 15 is 0 Å². The summed E-state index contributed by atoms with van der Waals surface area (Å²) in [7, 11) is 0. The van der Waals surface area contributed by atoms with Crippen molar-refractivity contribution in [1.82, 2.24) is 4.90 Å². The molecule has 0 saturated carbocycles. The fourth-order valence-corrected chi connectivity index (χ4v) is 1.50. The van der Waals surface area contributed by atoms with Gasteiger partial charge in [-0.25, -0.2) is 4.79 Å². The van der Waals surface area contributed by atoms with Gasteiger partial charge >= 0.3 is 12.1 Å². The molecule has 1 unspecified atom stereocenters. The Balaban J connectivity index is 2.80. The second-order valence-electron chi connectivity index (χ2n) is 3.35. The Morgan fingerprint density at radius 2 is 2.00 bits per heavy atom. The van der Waals surface area contributed by atoms with E-state index in [9.17, 15) is 14.4 Å². The van der Waals surface area contributed by atoms with Gasteiger partial charge in [-0.05, 0) is 6.92 Å². The summed E-state index contributed by atoms with van der Waals surface area (Å²) in [6.45, 7) is 1.34. The molecule has 2 atom stereocenters. The van der Waals surface area contributed by atoms with Gasteiger partial charge < -0.3 is 15.1 Å². The smallest absolute Gasteiger partial charge is 0.407 e. The zero-order valence-electron chi connectivity index (χ0n) is 7.64. The minimum absolute atomic E-state index is 0.0245. The highest BCUT2D eigenvalue weighted by atomic mass is 16.4. The average molecular weight is 201 g/mol. The standard InChI is InChI=1S/C8H11NO5/c1-4-2-6(10)5(7(11)12)3-9(4)8(13)14/h4-5H,2-3H2,1H3,(H,11,12)(H,13,14)/t4-,5?/m1/s1. The van der Waals surface area contributed by atoms with Crippen LogP contribution in [0.1, 0.15) is 13.3 Å². The molecular weight excluding hydrogens is 190 g/mol. The van der Waals surface area contributed by atoms with Crippen molar-refractivity contribution in [2.75, 3.05) is 6.54 Å². The van der Waals surface area contributed by atoms with E-state index in [1.807, 2.05) is 0 Å². The summed E-state index contributed by atoms with van der Waals surface area (Å²) in [4.78, 5) is 33.5. The van der Waals surface area contributed by atoms with Crippen LogP contribution in [0.5, 0.6) is 0 Å². The number of nitrogens with zero attached hydrogens (tertiary/aromatic N) is 1. The summed E-state index contributed by atoms with van der Waals surface area (Å²) < 4.78 is 0. The molecule has 0 spiro atoms. The van der Waals surface area contributed by atoms with Gasteiger partial charge in [0.25, 0.3) is 0 Å². The second-order valence-corrected chi connectivity index (χ2v) is 3.35. The van der Waals surface area contributed by atoms with Gasteiger partial charge in [0.15, 0.2) is 5.78 Å². The molecule has 0 aromatic heterocycles. The molecule has 0 aromatic carbocycles. The molecule has 14 heavy (non-hydrogen) atoms. The summed E-state index contributed by atoms with van der Waals surface area (Å²) >= 11 is 0. The Kier molecular flexibility index (Phi) is 2.73. The number of hydrogen-bond donors (Lipinski definition) is 2. The van der Waals surface area contributed by atoms with Crippen molar-refractivity contribution in [3.8, 4) is 0 Å². The molecule has 2 N–H and O–H groups in total. The minimum atomic E-state index is -1.26. The molecule has 0 aromatic rings. The van der Waals surface area contributed by atoms with Gasteiger partial charge in [0.2, 0.25) is 0 Å². The molecular formula is C8H11NO5. The maximum atomic E-state index is 11.2. The largest absolute Gasteiger partial charge is 0.481 e. The van der Waals surface area contributed by atoms with E-state index in [0.717, 1.165) is 4.90 Å². The first-order valence-corrected chi connectivity index (χ1v) is 4.18. The minimum Gasteiger partial charge on any atom is -0.481 e. The zero-order chi connectivity index (χ0) is 10.9. The first-order valence-electron chi connectivity index (χ1n) is 4.18. The van der Waals surface area contributed by atoms with Crippen molar-refractivity contribution in [3.63, 3.8) is 0 Å². The van der Waals surface area contributed by atoms with Crippen LogP contribution in [-0.2, 0) is 9.59 Å². The highest BCUT2D eigenvalue weighted by molar-refractivity contribution is 5.99. The van der Waals surface area contributed by atoms with Crippen molar-refractivity contribution in [1.29, 1.82) is 0 Å². The number of carbonyl (C=O) groups is 3. The molecule has 78 valence electrons. The van der Waals surface area contributed by atoms with Crippen molar-refractivity contribution >= 4 is 17.8 Å². The summed E-state index contributed by atoms with van der Waals surface area (Å²) in [6.07, 6.45) is -1.21. The molecule has 1 saturated heterocycles. The Hall–Kier alpha value is -1.59. The van der Waals surface area contributed by atoms with Crippen LogP contribution in [0, 0.1) is 5.92 Å². The van der Waals surface area contributed by atoms with Crippen LogP contribution < -0.4 is 0 Å². The molecule has 0 aliphatic carbocycles. The number of carboxylic acids is 1. The van der Waals surface area contributed by atoms with E-state index in [1.54, 1.807) is 6.92 Å². The number of carbonyl (C=O) groups excluding carboxylic acids is 1. The van der Waals surface area contributed by atoms with E-state index in [2.05, 4.69) is 0 Å². The lowest BCUT2D eigenvalue weighted by atomic mass is 9.92. The molecule has 1 amide bonds. The van der Waals surface area contributed by atoms with E-state index in [1.165, 1.54) is 0 Å². The lowest BCUT2D eigenvalue weighted by Gasteiger charge is -2.33. The summed E-state index contributed by atoms with van der Waals surface area (Å²) in [6, 6.07) is -0.435. The Labute approximate surface area is 80.1 Å². The highest BCUT2D eigenvalue weighted by Gasteiger charge is 2.38. The Bertz CT molecular complexity index is 287. The number of rotatable bonds is 1. The molecule has 6 nitrogen and oxygen atoms in total. The zero-order valence-corrected chi connectivity index (χ0v) is 7.64. The number of ketones is 1. The second kappa shape index (κ2) is 3.65. The topological polar surface area (TPSA) is 94.9 Å². The van der Waals surface area contributed by atoms with Crippen LogP contribution in [0.3, 0.4) is 0 Å². The molecule has 1 aliphatic heterocycles. The third-order valence-corrected chi connectivity index (χ3v) is 2.34. The van der Waals surface area contributed by atoms with Gasteiger partial charge in [-0.2, -0.15) is 0 Å². The normalized spacial score (nSPS) is 27.5. The van der Waals surface area contributed by atoms with Gasteiger partial charge in [0.1, 0.15) is 5.92 Å². The first-order chi connectivity index (χ1) is 6.43. The van der Waals surface area contributed by atoms with Crippen LogP contribution in [0.15, 0.2) is 0 Å². The van der Waals surface area contributed by atoms with Crippen LogP contribution in [0.25, 0.3) is 0 Å². The van der Waals surface area contributed by atoms with Crippen molar-refractivity contribution in [2.45, 2.75) is 19.4 Å². The van der Waals surface area contributed by atoms with Gasteiger partial charge in [0.05, 0.1) is 0 Å². The molecule has 1 rings (SSSR count). The number of carboxylic acid groups (broad SMARTS) is 2. The number of aliphatic carboxylic acids is 1. The third kappa shape index (κ3) is 1.84. The fourth-order valence-electron chi connectivity index (χ4n) is 1.50. The fraction of sp³-hybridized carbons (Fsp3) is 0.625. The van der Waals surface area contributed by atoms with Crippen LogP contribution in [-0.4, -0.2) is 45.5 Å². The number of piperidine rings is 1. The van der Waals surface area contributed by atoms with Gasteiger partial charge in [-0.3, -0.25) is 9.59 Å². The van der Waals surface area contributed by atoms with Crippen molar-refractivity contribution in [2.24, 2.45) is 5.92 Å².